The molecule has 0 unspecified atom stereocenters. The second-order valence-corrected chi connectivity index (χ2v) is 10.1. The van der Waals surface area contributed by atoms with Crippen LogP contribution in [0.3, 0.4) is 0 Å². The third kappa shape index (κ3) is 5.37. The molecule has 1 atom stereocenters. The van der Waals surface area contributed by atoms with Crippen molar-refractivity contribution in [1.82, 2.24) is 20.4 Å². The molecular formula is C27H29IN6O4. The van der Waals surface area contributed by atoms with Gasteiger partial charge in [0.05, 0.1) is 36.5 Å². The van der Waals surface area contributed by atoms with Crippen molar-refractivity contribution in [3.05, 3.63) is 83.6 Å². The Bertz CT molecular complexity index is 1370. The highest BCUT2D eigenvalue weighted by Crippen LogP contribution is 2.41. The maximum Gasteiger partial charge on any atom is 0.318 e. The molecule has 38 heavy (non-hydrogen) atoms. The van der Waals surface area contributed by atoms with Gasteiger partial charge in [0.25, 0.3) is 5.91 Å². The van der Waals surface area contributed by atoms with Crippen molar-refractivity contribution in [2.75, 3.05) is 22.2 Å². The summed E-state index contributed by atoms with van der Waals surface area (Å²) >= 11 is 2.26. The molecule has 10 nitrogen and oxygen atoms in total. The summed E-state index contributed by atoms with van der Waals surface area (Å²) in [5.74, 6) is -0.190. The summed E-state index contributed by atoms with van der Waals surface area (Å²) in [6.45, 7) is 7.57. The van der Waals surface area contributed by atoms with Gasteiger partial charge in [-0.1, -0.05) is 59.5 Å². The van der Waals surface area contributed by atoms with Crippen molar-refractivity contribution in [2.24, 2.45) is 0 Å². The first-order chi connectivity index (χ1) is 18.2. The lowest BCUT2D eigenvalue weighted by Crippen LogP contribution is -2.47. The quantitative estimate of drug-likeness (QED) is 0.163. The van der Waals surface area contributed by atoms with E-state index in [1.807, 2.05) is 44.2 Å². The van der Waals surface area contributed by atoms with E-state index in [0.717, 1.165) is 22.9 Å². The number of aromatic nitrogens is 2. The van der Waals surface area contributed by atoms with E-state index in [1.165, 1.54) is 7.11 Å². The number of urea groups is 1. The standard InChI is InChI=1S/C27H29IN6O4/c1-5-22(35)29-17-11-12-18(21(13-17)38-4)25(36)31-24-19-15-34(27(2,3)23(19)32-33-24)26(37)30-20(14-28)16-9-7-6-8-10-16/h5-13,20H,1,14-15H2,2-4H3,(H,29,35)(H,30,37)(H2,31,32,33,36)/t20-/m1/s1. The van der Waals surface area contributed by atoms with Gasteiger partial charge >= 0.3 is 6.03 Å². The molecule has 4 amide bonds. The predicted octanol–water partition coefficient (Wildman–Crippen LogP) is 4.73. The molecule has 3 aromatic rings. The second kappa shape index (κ2) is 11.3. The van der Waals surface area contributed by atoms with Gasteiger partial charge in [-0.05, 0) is 37.6 Å². The number of halogens is 1. The molecule has 0 spiro atoms. The van der Waals surface area contributed by atoms with Crippen LogP contribution in [0.15, 0.2) is 61.2 Å². The van der Waals surface area contributed by atoms with Crippen LogP contribution in [0, 0.1) is 0 Å². The lowest BCUT2D eigenvalue weighted by atomic mass is 10.0. The summed E-state index contributed by atoms with van der Waals surface area (Å²) in [7, 11) is 1.44. The minimum absolute atomic E-state index is 0.136. The second-order valence-electron chi connectivity index (χ2n) is 9.20. The van der Waals surface area contributed by atoms with Crippen LogP contribution in [0.4, 0.5) is 16.3 Å². The maximum absolute atomic E-state index is 13.4. The number of carbonyl (C=O) groups is 3. The minimum atomic E-state index is -0.676. The summed E-state index contributed by atoms with van der Waals surface area (Å²) < 4.78 is 6.09. The van der Waals surface area contributed by atoms with Gasteiger partial charge in [-0.25, -0.2) is 4.79 Å². The lowest BCUT2D eigenvalue weighted by Gasteiger charge is -2.33. The van der Waals surface area contributed by atoms with E-state index in [0.29, 0.717) is 15.9 Å². The van der Waals surface area contributed by atoms with Gasteiger partial charge in [0.1, 0.15) is 5.75 Å². The molecule has 0 aliphatic carbocycles. The summed E-state index contributed by atoms with van der Waals surface area (Å²) in [6, 6.07) is 14.2. The van der Waals surface area contributed by atoms with Crippen molar-refractivity contribution >= 4 is 51.9 Å². The molecule has 4 N–H and O–H groups in total. The molecule has 0 radical (unpaired) electrons. The Morgan fingerprint density at radius 3 is 2.61 bits per heavy atom. The largest absolute Gasteiger partial charge is 0.496 e. The fourth-order valence-corrected chi connectivity index (χ4v) is 5.12. The number of aromatic amines is 1. The molecule has 2 heterocycles. The maximum atomic E-state index is 13.4. The highest BCUT2D eigenvalue weighted by molar-refractivity contribution is 14.1. The molecule has 0 saturated heterocycles. The lowest BCUT2D eigenvalue weighted by molar-refractivity contribution is -0.111. The van der Waals surface area contributed by atoms with Crippen LogP contribution < -0.4 is 20.7 Å². The molecule has 4 rings (SSSR count). The summed E-state index contributed by atoms with van der Waals surface area (Å²) in [5.41, 5.74) is 2.57. The Morgan fingerprint density at radius 2 is 1.95 bits per heavy atom. The smallest absolute Gasteiger partial charge is 0.318 e. The Labute approximate surface area is 234 Å². The number of methoxy groups -OCH3 is 1. The molecule has 1 aliphatic rings. The zero-order chi connectivity index (χ0) is 27.4. The van der Waals surface area contributed by atoms with E-state index < -0.39 is 11.4 Å². The number of hydrogen-bond acceptors (Lipinski definition) is 5. The zero-order valence-corrected chi connectivity index (χ0v) is 23.5. The molecular weight excluding hydrogens is 599 g/mol. The van der Waals surface area contributed by atoms with Gasteiger partial charge < -0.3 is 25.6 Å². The fourth-order valence-electron chi connectivity index (χ4n) is 4.39. The van der Waals surface area contributed by atoms with E-state index >= 15 is 0 Å². The normalized spacial score (nSPS) is 14.3. The van der Waals surface area contributed by atoms with Gasteiger partial charge in [0.2, 0.25) is 5.91 Å². The molecule has 0 saturated carbocycles. The minimum Gasteiger partial charge on any atom is -0.496 e. The van der Waals surface area contributed by atoms with Crippen LogP contribution in [-0.2, 0) is 16.9 Å². The number of amides is 4. The van der Waals surface area contributed by atoms with Crippen LogP contribution in [-0.4, -0.2) is 44.5 Å². The van der Waals surface area contributed by atoms with Crippen molar-refractivity contribution < 1.29 is 19.1 Å². The molecule has 0 bridgehead atoms. The summed E-state index contributed by atoms with van der Waals surface area (Å²) in [4.78, 5) is 39.9. The van der Waals surface area contributed by atoms with Crippen LogP contribution in [0.25, 0.3) is 0 Å². The number of rotatable bonds is 8. The average molecular weight is 628 g/mol. The number of carbonyl (C=O) groups excluding carboxylic acids is 3. The first-order valence-electron chi connectivity index (χ1n) is 11.9. The number of anilines is 2. The Kier molecular flexibility index (Phi) is 8.05. The van der Waals surface area contributed by atoms with Gasteiger partial charge in [-0.15, -0.1) is 0 Å². The van der Waals surface area contributed by atoms with Crippen molar-refractivity contribution in [3.63, 3.8) is 0 Å². The van der Waals surface area contributed by atoms with Crippen molar-refractivity contribution in [3.8, 4) is 5.75 Å². The number of nitrogens with one attached hydrogen (secondary N) is 4. The number of H-pyrrole nitrogens is 1. The number of hydrogen-bond donors (Lipinski definition) is 4. The monoisotopic (exact) mass is 628 g/mol. The third-order valence-electron chi connectivity index (χ3n) is 6.50. The van der Waals surface area contributed by atoms with E-state index in [2.05, 4.69) is 55.3 Å². The Balaban J connectivity index is 1.51. The van der Waals surface area contributed by atoms with Crippen molar-refractivity contribution in [2.45, 2.75) is 32.0 Å². The number of alkyl halides is 1. The summed E-state index contributed by atoms with van der Waals surface area (Å²) in [5, 5.41) is 15.9. The number of nitrogens with zero attached hydrogens (tertiary/aromatic N) is 2. The highest BCUT2D eigenvalue weighted by Gasteiger charge is 2.44. The van der Waals surface area contributed by atoms with E-state index in [-0.39, 0.29) is 35.8 Å². The van der Waals surface area contributed by atoms with Gasteiger partial charge in [-0.2, -0.15) is 5.10 Å². The summed E-state index contributed by atoms with van der Waals surface area (Å²) in [6.07, 6.45) is 1.15. The van der Waals surface area contributed by atoms with E-state index in [9.17, 15) is 14.4 Å². The highest BCUT2D eigenvalue weighted by atomic mass is 127. The topological polar surface area (TPSA) is 128 Å². The van der Waals surface area contributed by atoms with Gasteiger partial charge in [-0.3, -0.25) is 14.7 Å². The molecule has 2 aromatic carbocycles. The number of benzene rings is 2. The van der Waals surface area contributed by atoms with Crippen LogP contribution >= 0.6 is 22.6 Å². The molecule has 11 heteroatoms. The molecule has 1 aromatic heterocycles. The third-order valence-corrected chi connectivity index (χ3v) is 7.38. The first-order valence-corrected chi connectivity index (χ1v) is 13.4. The van der Waals surface area contributed by atoms with E-state index in [4.69, 9.17) is 4.74 Å². The number of ether oxygens (including phenoxy) is 1. The van der Waals surface area contributed by atoms with Gasteiger partial charge in [0, 0.05) is 21.7 Å². The predicted molar refractivity (Wildman–Crippen MR) is 154 cm³/mol. The molecule has 198 valence electrons. The molecule has 0 fully saturated rings. The average Bonchev–Trinajstić information content (AvgIpc) is 3.44. The van der Waals surface area contributed by atoms with Gasteiger partial charge in [0.15, 0.2) is 5.82 Å². The Hall–Kier alpha value is -3.87. The van der Waals surface area contributed by atoms with Crippen LogP contribution in [0.2, 0.25) is 0 Å². The number of fused-ring (bicyclic) bond motifs is 1. The zero-order valence-electron chi connectivity index (χ0n) is 21.3. The van der Waals surface area contributed by atoms with Crippen LogP contribution in [0.1, 0.15) is 47.1 Å². The SMILES string of the molecule is C=CC(=O)Nc1ccc(C(=O)Nc2n[nH]c3c2CN(C(=O)N[C@H](CI)c2ccccc2)C3(C)C)c(OC)c1. The van der Waals surface area contributed by atoms with E-state index in [1.54, 1.807) is 23.1 Å². The first kappa shape index (κ1) is 27.2. The van der Waals surface area contributed by atoms with Crippen molar-refractivity contribution in [1.29, 1.82) is 0 Å². The fraction of sp³-hybridized carbons (Fsp3) is 0.259. The molecule has 1 aliphatic heterocycles. The Morgan fingerprint density at radius 1 is 1.21 bits per heavy atom. The van der Waals surface area contributed by atoms with Crippen LogP contribution in [0.5, 0.6) is 5.75 Å².